The first kappa shape index (κ1) is 12.9. The molecule has 0 spiro atoms. The van der Waals surface area contributed by atoms with Crippen LogP contribution in [0.2, 0.25) is 0 Å². The van der Waals surface area contributed by atoms with Crippen molar-refractivity contribution < 1.29 is 34.1 Å². The average molecular weight is 224 g/mol. The van der Waals surface area contributed by atoms with Gasteiger partial charge >= 0.3 is 65.5 Å². The van der Waals surface area contributed by atoms with E-state index in [-0.39, 0.29) is 9.41 Å². The molecule has 0 atom stereocenters. The van der Waals surface area contributed by atoms with Crippen LogP contribution in [0.1, 0.15) is 20.3 Å². The van der Waals surface area contributed by atoms with E-state index in [4.69, 9.17) is 0 Å². The van der Waals surface area contributed by atoms with Crippen molar-refractivity contribution >= 4 is 0 Å². The van der Waals surface area contributed by atoms with Gasteiger partial charge in [-0.1, -0.05) is 0 Å². The van der Waals surface area contributed by atoms with Crippen LogP contribution < -0.4 is 0 Å². The fourth-order valence-corrected chi connectivity index (χ4v) is 1.53. The molecule has 1 aliphatic rings. The van der Waals surface area contributed by atoms with Crippen molar-refractivity contribution in [2.75, 3.05) is 0 Å². The molecular weight excluding hydrogens is 213 g/mol. The molecule has 0 fully saturated rings. The fraction of sp³-hybridized carbons (Fsp3) is 0.429. The van der Waals surface area contributed by atoms with E-state index in [2.05, 4.69) is 19.9 Å². The van der Waals surface area contributed by atoms with Crippen molar-refractivity contribution in [2.45, 2.75) is 20.3 Å². The molecule has 0 aliphatic heterocycles. The Bertz CT molecular complexity index is 165. The van der Waals surface area contributed by atoms with Gasteiger partial charge in [-0.05, 0) is 0 Å². The zero-order valence-corrected chi connectivity index (χ0v) is 8.56. The summed E-state index contributed by atoms with van der Waals surface area (Å²) < 4.78 is 1.62. The second-order valence-corrected chi connectivity index (χ2v) is 3.68. The molecule has 3 heteroatoms. The molecule has 0 heterocycles. The fourth-order valence-electron chi connectivity index (χ4n) is 0.799. The molecule has 10 heavy (non-hydrogen) atoms. The number of hydrogen-bond donors (Lipinski definition) is 0. The van der Waals surface area contributed by atoms with Gasteiger partial charge in [-0.3, -0.25) is 9.41 Å². The summed E-state index contributed by atoms with van der Waals surface area (Å²) in [5.74, 6) is 0. The first-order valence-electron chi connectivity index (χ1n) is 2.80. The Hall–Kier alpha value is 0.223. The monoisotopic (exact) mass is 223 g/mol. The molecule has 0 aromatic rings. The quantitative estimate of drug-likeness (QED) is 0.593. The van der Waals surface area contributed by atoms with Gasteiger partial charge in [-0.25, -0.2) is 0 Å². The van der Waals surface area contributed by atoms with Crippen molar-refractivity contribution in [3.05, 3.63) is 20.5 Å². The summed E-state index contributed by atoms with van der Waals surface area (Å²) in [4.78, 5) is 0. The minimum atomic E-state index is 0. The van der Waals surface area contributed by atoms with Crippen LogP contribution >= 0.6 is 0 Å². The van der Waals surface area contributed by atoms with Gasteiger partial charge in [0.2, 0.25) is 0 Å². The second-order valence-electron chi connectivity index (χ2n) is 2.19. The molecule has 0 saturated carbocycles. The van der Waals surface area contributed by atoms with E-state index >= 15 is 0 Å². The summed E-state index contributed by atoms with van der Waals surface area (Å²) >= 11 is 1.58. The molecule has 0 amide bonds. The third-order valence-corrected chi connectivity index (χ3v) is 3.08. The van der Waals surface area contributed by atoms with Crippen molar-refractivity contribution in [3.8, 4) is 0 Å². The largest absolute Gasteiger partial charge is 0.269 e. The zero-order valence-electron chi connectivity index (χ0n) is 6.10. The molecule has 0 radical (unpaired) electrons. The molecule has 0 saturated heterocycles. The number of rotatable bonds is 0. The van der Waals surface area contributed by atoms with E-state index in [1.807, 2.05) is 0 Å². The summed E-state index contributed by atoms with van der Waals surface area (Å²) in [6, 6.07) is 0. The van der Waals surface area contributed by atoms with Crippen LogP contribution in [0.5, 0.6) is 0 Å². The van der Waals surface area contributed by atoms with Crippen molar-refractivity contribution in [1.82, 2.24) is 0 Å². The Kier molecular flexibility index (Phi) is 6.37. The Labute approximate surface area is 75.0 Å². The van der Waals surface area contributed by atoms with Crippen LogP contribution in [0.4, 0.5) is 9.41 Å². The minimum absolute atomic E-state index is 0. The van der Waals surface area contributed by atoms with Gasteiger partial charge in [0.25, 0.3) is 0 Å². The Morgan fingerprint density at radius 1 is 1.30 bits per heavy atom. The van der Waals surface area contributed by atoms with Crippen LogP contribution in [0.3, 0.4) is 0 Å². The van der Waals surface area contributed by atoms with Gasteiger partial charge in [0.15, 0.2) is 0 Å². The van der Waals surface area contributed by atoms with E-state index in [0.717, 1.165) is 0 Å². The van der Waals surface area contributed by atoms with Gasteiger partial charge in [-0.2, -0.15) is 0 Å². The summed E-state index contributed by atoms with van der Waals surface area (Å²) in [6.07, 6.45) is 3.52. The molecule has 0 bridgehead atoms. The van der Waals surface area contributed by atoms with E-state index in [0.29, 0.717) is 0 Å². The molecule has 0 unspecified atom stereocenters. The van der Waals surface area contributed by atoms with Gasteiger partial charge < -0.3 is 0 Å². The van der Waals surface area contributed by atoms with Crippen LogP contribution in [0.15, 0.2) is 20.5 Å². The van der Waals surface area contributed by atoms with E-state index in [9.17, 15) is 0 Å². The molecule has 57 valence electrons. The summed E-state index contributed by atoms with van der Waals surface area (Å²) in [5.41, 5.74) is 3.01. The van der Waals surface area contributed by atoms with E-state index in [1.54, 1.807) is 28.0 Å². The van der Waals surface area contributed by atoms with Gasteiger partial charge in [0, 0.05) is 0 Å². The first-order valence-corrected chi connectivity index (χ1v) is 4.03. The molecule has 0 nitrogen and oxygen atoms in total. The van der Waals surface area contributed by atoms with Crippen LogP contribution in [0, 0.1) is 0 Å². The van der Waals surface area contributed by atoms with Crippen LogP contribution in [-0.2, 0) is 24.7 Å². The van der Waals surface area contributed by atoms with Crippen LogP contribution in [-0.4, -0.2) is 0 Å². The Balaban J connectivity index is 0. The van der Waals surface area contributed by atoms with Gasteiger partial charge in [0.1, 0.15) is 0 Å². The Morgan fingerprint density at radius 3 is 1.90 bits per heavy atom. The smallest absolute Gasteiger partial charge is 0.269 e. The predicted octanol–water partition coefficient (Wildman–Crippen LogP) is 2.46. The maximum Gasteiger partial charge on any atom is -0.269 e. The molecule has 1 rings (SSSR count). The minimum Gasteiger partial charge on any atom is -0.269 e. The van der Waals surface area contributed by atoms with Gasteiger partial charge in [0.05, 0.1) is 0 Å². The summed E-state index contributed by atoms with van der Waals surface area (Å²) in [7, 11) is 0. The number of allylic oxidation sites excluding steroid dienone is 4. The molecule has 1 aliphatic carbocycles. The number of halogens is 2. The Morgan fingerprint density at radius 2 is 1.80 bits per heavy atom. The molecule has 0 aromatic carbocycles. The van der Waals surface area contributed by atoms with E-state index < -0.39 is 0 Å². The van der Waals surface area contributed by atoms with Crippen molar-refractivity contribution in [1.29, 1.82) is 0 Å². The normalized spacial score (nSPS) is 15.5. The standard InChI is InChI=1S/C7H9.2FH.Zr/c1-6-4-3-5-7(6)2;;;/h4H,3H2,1-2H3;2*1H;. The average Bonchev–Trinajstić information content (AvgIpc) is 1.98. The predicted molar refractivity (Wildman–Crippen MR) is 36.1 cm³/mol. The summed E-state index contributed by atoms with van der Waals surface area (Å²) in [6.45, 7) is 4.40. The zero-order chi connectivity index (χ0) is 6.15. The summed E-state index contributed by atoms with van der Waals surface area (Å²) in [5, 5.41) is 0. The van der Waals surface area contributed by atoms with Crippen molar-refractivity contribution in [2.24, 2.45) is 0 Å². The van der Waals surface area contributed by atoms with E-state index in [1.165, 1.54) is 17.6 Å². The topological polar surface area (TPSA) is 0 Å². The van der Waals surface area contributed by atoms with Crippen molar-refractivity contribution in [3.63, 3.8) is 0 Å². The number of hydrogen-bond acceptors (Lipinski definition) is 0. The molecular formula is C7H11F2Zr. The second kappa shape index (κ2) is 4.95. The first-order chi connectivity index (χ1) is 3.72. The third kappa shape index (κ3) is 2.45. The van der Waals surface area contributed by atoms with Gasteiger partial charge in [-0.15, -0.1) is 0 Å². The van der Waals surface area contributed by atoms with Crippen LogP contribution in [0.25, 0.3) is 0 Å². The third-order valence-electron chi connectivity index (χ3n) is 1.66. The maximum absolute atomic E-state index is 2.30. The maximum atomic E-state index is 2.30. The molecule has 0 aromatic heterocycles. The molecule has 0 N–H and O–H groups in total. The SMILES string of the molecule is CC1=CC[C]([Zr])=C1C.F.F.